The Morgan fingerprint density at radius 2 is 2.05 bits per heavy atom. The Bertz CT molecular complexity index is 672. The topological polar surface area (TPSA) is 76.0 Å². The minimum atomic E-state index is -0.574. The number of Topliss-reactive ketones (excluding diaryl/α,β-unsaturated/α-hetero) is 1. The molecule has 3 rings (SSSR count). The molecule has 102 valence electrons. The second-order valence-corrected chi connectivity index (χ2v) is 4.73. The van der Waals surface area contributed by atoms with E-state index in [1.165, 1.54) is 7.11 Å². The molecule has 5 heteroatoms. The number of aliphatic hydroxyl groups is 1. The summed E-state index contributed by atoms with van der Waals surface area (Å²) >= 11 is 0. The summed E-state index contributed by atoms with van der Waals surface area (Å²) in [6, 6.07) is 6.82. The van der Waals surface area contributed by atoms with Gasteiger partial charge in [-0.15, -0.1) is 0 Å². The number of ketones is 1. The normalized spacial score (nSPS) is 20.9. The first-order chi connectivity index (χ1) is 9.65. The second kappa shape index (κ2) is 4.59. The van der Waals surface area contributed by atoms with E-state index in [1.807, 2.05) is 0 Å². The molecule has 0 saturated carbocycles. The van der Waals surface area contributed by atoms with Crippen LogP contribution in [0.3, 0.4) is 0 Å². The van der Waals surface area contributed by atoms with Gasteiger partial charge >= 0.3 is 5.97 Å². The molecule has 0 spiro atoms. The van der Waals surface area contributed by atoms with Gasteiger partial charge in [0.25, 0.3) is 0 Å². The van der Waals surface area contributed by atoms with Crippen LogP contribution in [0.5, 0.6) is 0 Å². The highest BCUT2D eigenvalue weighted by Gasteiger charge is 2.40. The van der Waals surface area contributed by atoms with Crippen LogP contribution in [-0.2, 0) is 9.53 Å². The number of nitrogens with zero attached hydrogens (tertiary/aromatic N) is 1. The van der Waals surface area contributed by atoms with Crippen LogP contribution in [0.2, 0.25) is 0 Å². The van der Waals surface area contributed by atoms with Crippen molar-refractivity contribution >= 4 is 23.2 Å². The number of fused-ring (bicyclic) bond motifs is 1. The number of aliphatic imine (C=N–C) groups is 1. The quantitative estimate of drug-likeness (QED) is 0.832. The third-order valence-corrected chi connectivity index (χ3v) is 3.66. The highest BCUT2D eigenvalue weighted by Crippen LogP contribution is 2.35. The molecule has 20 heavy (non-hydrogen) atoms. The fourth-order valence-corrected chi connectivity index (χ4v) is 2.69. The minimum absolute atomic E-state index is 0.0971. The Morgan fingerprint density at radius 1 is 1.35 bits per heavy atom. The maximum absolute atomic E-state index is 12.4. The summed E-state index contributed by atoms with van der Waals surface area (Å²) in [5.41, 5.74) is 1.42. The molecule has 1 heterocycles. The van der Waals surface area contributed by atoms with Crippen molar-refractivity contribution in [3.8, 4) is 0 Å². The van der Waals surface area contributed by atoms with Gasteiger partial charge in [0.05, 0.1) is 18.4 Å². The molecule has 0 aromatic heterocycles. The number of carbonyl (C=O) groups excluding carboxylic acids is 2. The summed E-state index contributed by atoms with van der Waals surface area (Å²) in [6.45, 7) is 0.454. The van der Waals surface area contributed by atoms with Crippen molar-refractivity contribution in [1.82, 2.24) is 0 Å². The number of methoxy groups -OCH3 is 1. The van der Waals surface area contributed by atoms with Crippen LogP contribution in [0, 0.1) is 5.92 Å². The highest BCUT2D eigenvalue weighted by molar-refractivity contribution is 6.38. The number of ether oxygens (including phenoxy) is 1. The average molecular weight is 271 g/mol. The lowest BCUT2D eigenvalue weighted by Crippen LogP contribution is -2.25. The molecule has 1 unspecified atom stereocenters. The summed E-state index contributed by atoms with van der Waals surface area (Å²) < 4.78 is 4.74. The van der Waals surface area contributed by atoms with Gasteiger partial charge in [0.2, 0.25) is 0 Å². The largest absolute Gasteiger partial charge is 0.506 e. The van der Waals surface area contributed by atoms with Crippen molar-refractivity contribution < 1.29 is 19.4 Å². The number of allylic oxidation sites excluding steroid dienone is 1. The molecule has 5 nitrogen and oxygen atoms in total. The van der Waals surface area contributed by atoms with E-state index in [2.05, 4.69) is 4.99 Å². The van der Waals surface area contributed by atoms with Crippen LogP contribution in [-0.4, -0.2) is 36.2 Å². The van der Waals surface area contributed by atoms with Gasteiger partial charge in [0, 0.05) is 17.7 Å². The van der Waals surface area contributed by atoms with Crippen molar-refractivity contribution in [3.05, 3.63) is 41.0 Å². The highest BCUT2D eigenvalue weighted by atomic mass is 16.5. The van der Waals surface area contributed by atoms with E-state index >= 15 is 0 Å². The van der Waals surface area contributed by atoms with Crippen LogP contribution < -0.4 is 0 Å². The van der Waals surface area contributed by atoms with Gasteiger partial charge in [-0.05, 0) is 6.42 Å². The second-order valence-electron chi connectivity index (χ2n) is 4.73. The standard InChI is InChI=1S/C15H13NO4/c1-20-15(19)10-6-7-16-12(10)11-13(17)8-4-2-3-5-9(8)14(11)18/h2-5,10,17H,6-7H2,1H3. The zero-order valence-corrected chi connectivity index (χ0v) is 10.9. The lowest BCUT2D eigenvalue weighted by molar-refractivity contribution is -0.142. The Kier molecular flexibility index (Phi) is 2.89. The molecule has 1 aliphatic carbocycles. The van der Waals surface area contributed by atoms with E-state index in [0.717, 1.165) is 0 Å². The molecule has 1 N–H and O–H groups in total. The number of aliphatic hydroxyl groups excluding tert-OH is 1. The molecule has 1 aromatic carbocycles. The molecule has 1 atom stereocenters. The monoisotopic (exact) mass is 271 g/mol. The van der Waals surface area contributed by atoms with Gasteiger partial charge in [-0.2, -0.15) is 0 Å². The van der Waals surface area contributed by atoms with Crippen molar-refractivity contribution in [2.75, 3.05) is 13.7 Å². The number of carbonyl (C=O) groups is 2. The Labute approximate surface area is 115 Å². The lowest BCUT2D eigenvalue weighted by atomic mass is 9.94. The zero-order valence-electron chi connectivity index (χ0n) is 10.9. The van der Waals surface area contributed by atoms with Gasteiger partial charge in [-0.25, -0.2) is 0 Å². The first-order valence-electron chi connectivity index (χ1n) is 6.35. The smallest absolute Gasteiger partial charge is 0.314 e. The molecule has 0 amide bonds. The van der Waals surface area contributed by atoms with Crippen molar-refractivity contribution in [2.24, 2.45) is 10.9 Å². The summed E-state index contributed by atoms with van der Waals surface area (Å²) in [5.74, 6) is -1.38. The average Bonchev–Trinajstić information content (AvgIpc) is 3.03. The fourth-order valence-electron chi connectivity index (χ4n) is 2.69. The molecule has 1 aromatic rings. The van der Waals surface area contributed by atoms with Crippen LogP contribution >= 0.6 is 0 Å². The summed E-state index contributed by atoms with van der Waals surface area (Å²) in [6.07, 6.45) is 0.502. The molecule has 1 aliphatic heterocycles. The van der Waals surface area contributed by atoms with Crippen molar-refractivity contribution in [3.63, 3.8) is 0 Å². The molecular formula is C15H13NO4. The van der Waals surface area contributed by atoms with Crippen LogP contribution in [0.15, 0.2) is 34.8 Å². The lowest BCUT2D eigenvalue weighted by Gasteiger charge is -2.11. The summed E-state index contributed by atoms with van der Waals surface area (Å²) in [4.78, 5) is 28.4. The number of benzene rings is 1. The van der Waals surface area contributed by atoms with Gasteiger partial charge in [-0.3, -0.25) is 14.6 Å². The molecule has 0 fully saturated rings. The summed E-state index contributed by atoms with van der Waals surface area (Å²) in [7, 11) is 1.30. The zero-order chi connectivity index (χ0) is 14.3. The molecule has 0 bridgehead atoms. The van der Waals surface area contributed by atoms with E-state index in [1.54, 1.807) is 24.3 Å². The van der Waals surface area contributed by atoms with E-state index in [9.17, 15) is 14.7 Å². The van der Waals surface area contributed by atoms with Crippen molar-refractivity contribution in [2.45, 2.75) is 6.42 Å². The molecule has 0 saturated heterocycles. The third-order valence-electron chi connectivity index (χ3n) is 3.66. The number of hydrogen-bond acceptors (Lipinski definition) is 5. The Hall–Kier alpha value is -2.43. The summed E-state index contributed by atoms with van der Waals surface area (Å²) in [5, 5.41) is 10.3. The maximum Gasteiger partial charge on any atom is 0.314 e. The van der Waals surface area contributed by atoms with Gasteiger partial charge in [-0.1, -0.05) is 24.3 Å². The van der Waals surface area contributed by atoms with Gasteiger partial charge < -0.3 is 9.84 Å². The first-order valence-corrected chi connectivity index (χ1v) is 6.35. The third kappa shape index (κ3) is 1.66. The minimum Gasteiger partial charge on any atom is -0.506 e. The Balaban J connectivity index is 2.06. The predicted octanol–water partition coefficient (Wildman–Crippen LogP) is 1.79. The van der Waals surface area contributed by atoms with E-state index in [4.69, 9.17) is 4.74 Å². The van der Waals surface area contributed by atoms with Gasteiger partial charge in [0.15, 0.2) is 5.78 Å². The molecule has 0 radical (unpaired) electrons. The van der Waals surface area contributed by atoms with E-state index in [0.29, 0.717) is 29.8 Å². The molecule has 2 aliphatic rings. The van der Waals surface area contributed by atoms with Crippen molar-refractivity contribution in [1.29, 1.82) is 0 Å². The van der Waals surface area contributed by atoms with E-state index < -0.39 is 11.9 Å². The Morgan fingerprint density at radius 3 is 2.70 bits per heavy atom. The predicted molar refractivity (Wildman–Crippen MR) is 72.7 cm³/mol. The number of esters is 1. The van der Waals surface area contributed by atoms with Gasteiger partial charge in [0.1, 0.15) is 11.7 Å². The maximum atomic E-state index is 12.4. The van der Waals surface area contributed by atoms with Crippen LogP contribution in [0.1, 0.15) is 22.3 Å². The van der Waals surface area contributed by atoms with E-state index in [-0.39, 0.29) is 17.1 Å². The first kappa shape index (κ1) is 12.6. The number of rotatable bonds is 2. The SMILES string of the molecule is COC(=O)C1CCN=C1C1=C(O)c2ccccc2C1=O. The van der Waals surface area contributed by atoms with Crippen LogP contribution in [0.4, 0.5) is 0 Å². The number of hydrogen-bond donors (Lipinski definition) is 1. The fraction of sp³-hybridized carbons (Fsp3) is 0.267. The van der Waals surface area contributed by atoms with Crippen LogP contribution in [0.25, 0.3) is 5.76 Å². The molecular weight excluding hydrogens is 258 g/mol.